The Morgan fingerprint density at radius 2 is 2.00 bits per heavy atom. The molecule has 1 atom stereocenters. The standard InChI is InChI=1S/C26H21ClF4N2O5S2/c1-36-19-9-14(3-7-18(19)38-15-4-5-15)24(34)32-11-25(40-35,26(29,30)31)21-10-20-23(37-12-39-20)22(33-21)13-2-6-17(28)16(27)8-13/h2-3,6-10,15,35H,4-5,11-12H2,1H3,(H,32,34). The summed E-state index contributed by atoms with van der Waals surface area (Å²) in [5.74, 6) is -0.531. The van der Waals surface area contributed by atoms with Crippen molar-refractivity contribution in [2.75, 3.05) is 19.6 Å². The van der Waals surface area contributed by atoms with Gasteiger partial charge in [-0.05, 0) is 55.3 Å². The molecule has 0 spiro atoms. The van der Waals surface area contributed by atoms with E-state index in [2.05, 4.69) is 10.3 Å². The molecule has 3 aromatic rings. The molecule has 1 amide bonds. The average molecular weight is 617 g/mol. The number of pyridine rings is 1. The maximum absolute atomic E-state index is 14.7. The van der Waals surface area contributed by atoms with Gasteiger partial charge in [-0.1, -0.05) is 23.4 Å². The minimum absolute atomic E-state index is 0.00982. The third kappa shape index (κ3) is 5.52. The summed E-state index contributed by atoms with van der Waals surface area (Å²) in [6.45, 7) is -1.06. The number of rotatable bonds is 9. The van der Waals surface area contributed by atoms with Gasteiger partial charge in [-0.15, -0.1) is 0 Å². The summed E-state index contributed by atoms with van der Waals surface area (Å²) >= 11 is 6.55. The lowest BCUT2D eigenvalue weighted by molar-refractivity contribution is -0.162. The number of amides is 1. The van der Waals surface area contributed by atoms with Gasteiger partial charge >= 0.3 is 6.18 Å². The van der Waals surface area contributed by atoms with Gasteiger partial charge in [0, 0.05) is 29.7 Å². The van der Waals surface area contributed by atoms with E-state index in [0.717, 1.165) is 36.7 Å². The molecular weight excluding hydrogens is 596 g/mol. The molecule has 40 heavy (non-hydrogen) atoms. The predicted octanol–water partition coefficient (Wildman–Crippen LogP) is 6.93. The molecule has 2 aromatic carbocycles. The Balaban J connectivity index is 1.49. The summed E-state index contributed by atoms with van der Waals surface area (Å²) in [5, 5.41) is 2.03. The number of hydrogen-bond donors (Lipinski definition) is 2. The van der Waals surface area contributed by atoms with Gasteiger partial charge in [0.25, 0.3) is 5.91 Å². The van der Waals surface area contributed by atoms with Gasteiger partial charge in [-0.25, -0.2) is 9.37 Å². The fraction of sp³-hybridized carbons (Fsp3) is 0.308. The normalized spacial score (nSPS) is 16.1. The summed E-state index contributed by atoms with van der Waals surface area (Å²) < 4.78 is 81.5. The second kappa shape index (κ2) is 11.2. The molecule has 2 heterocycles. The van der Waals surface area contributed by atoms with Crippen LogP contribution in [0.5, 0.6) is 17.2 Å². The number of halogens is 5. The maximum atomic E-state index is 14.7. The van der Waals surface area contributed by atoms with Crippen LogP contribution in [-0.2, 0) is 4.75 Å². The third-order valence-electron chi connectivity index (χ3n) is 6.32. The van der Waals surface area contributed by atoms with Crippen LogP contribution in [0.2, 0.25) is 5.02 Å². The number of nitrogens with one attached hydrogen (secondary N) is 1. The second-order valence-corrected chi connectivity index (χ2v) is 11.3. The summed E-state index contributed by atoms with van der Waals surface area (Å²) in [6.07, 6.45) is -3.19. The number of fused-ring (bicyclic) bond motifs is 1. The molecule has 7 nitrogen and oxygen atoms in total. The first-order valence-corrected chi connectivity index (χ1v) is 14.0. The Morgan fingerprint density at radius 1 is 1.23 bits per heavy atom. The first-order valence-electron chi connectivity index (χ1n) is 11.8. The molecule has 1 aliphatic carbocycles. The van der Waals surface area contributed by atoms with Crippen molar-refractivity contribution in [3.63, 3.8) is 0 Å². The summed E-state index contributed by atoms with van der Waals surface area (Å²) in [7, 11) is 1.39. The van der Waals surface area contributed by atoms with Gasteiger partial charge in [-0.2, -0.15) is 13.2 Å². The van der Waals surface area contributed by atoms with Gasteiger partial charge in [0.1, 0.15) is 17.5 Å². The van der Waals surface area contributed by atoms with Crippen LogP contribution in [0.15, 0.2) is 47.4 Å². The van der Waals surface area contributed by atoms with Crippen LogP contribution in [0, 0.1) is 5.82 Å². The Labute approximate surface area is 239 Å². The number of ether oxygens (including phenoxy) is 3. The number of aromatic nitrogens is 1. The first kappa shape index (κ1) is 28.7. The number of carbonyl (C=O) groups excluding carboxylic acids is 1. The van der Waals surface area contributed by atoms with Crippen molar-refractivity contribution in [3.05, 3.63) is 64.6 Å². The van der Waals surface area contributed by atoms with E-state index in [1.165, 1.54) is 37.4 Å². The molecule has 0 bridgehead atoms. The molecule has 0 saturated heterocycles. The van der Waals surface area contributed by atoms with Crippen LogP contribution in [0.4, 0.5) is 17.6 Å². The third-order valence-corrected chi connectivity index (χ3v) is 8.36. The molecule has 1 unspecified atom stereocenters. The van der Waals surface area contributed by atoms with E-state index >= 15 is 0 Å². The molecular formula is C26H21ClF4N2O5S2. The van der Waals surface area contributed by atoms with E-state index in [-0.39, 0.29) is 45.4 Å². The van der Waals surface area contributed by atoms with Crippen LogP contribution in [-0.4, -0.2) is 47.3 Å². The zero-order valence-corrected chi connectivity index (χ0v) is 23.1. The van der Waals surface area contributed by atoms with Crippen molar-refractivity contribution in [1.29, 1.82) is 0 Å². The Bertz CT molecular complexity index is 1460. The highest BCUT2D eigenvalue weighted by Gasteiger charge is 2.59. The van der Waals surface area contributed by atoms with E-state index in [0.29, 0.717) is 10.6 Å². The van der Waals surface area contributed by atoms with Crippen LogP contribution in [0.1, 0.15) is 28.9 Å². The number of thioether (sulfide) groups is 1. The SMILES string of the molecule is COc1cc(C(=O)NCC(SO)(c2cc3c(c(-c4ccc(F)c(Cl)c4)n2)OCS3)C(F)(F)F)ccc1OC1CC1. The smallest absolute Gasteiger partial charge is 0.412 e. The zero-order valence-electron chi connectivity index (χ0n) is 20.7. The topological polar surface area (TPSA) is 89.9 Å². The molecule has 212 valence electrons. The number of alkyl halides is 3. The van der Waals surface area contributed by atoms with Crippen molar-refractivity contribution in [1.82, 2.24) is 10.3 Å². The maximum Gasteiger partial charge on any atom is 0.412 e. The van der Waals surface area contributed by atoms with Gasteiger partial charge in [-0.3, -0.25) is 4.79 Å². The number of hydrogen-bond acceptors (Lipinski definition) is 8. The molecule has 0 radical (unpaired) electrons. The van der Waals surface area contributed by atoms with E-state index in [4.69, 9.17) is 25.8 Å². The van der Waals surface area contributed by atoms with E-state index in [1.54, 1.807) is 0 Å². The number of carbonyl (C=O) groups is 1. The zero-order chi connectivity index (χ0) is 28.7. The van der Waals surface area contributed by atoms with Crippen molar-refractivity contribution in [2.45, 2.75) is 34.8 Å². The van der Waals surface area contributed by atoms with Gasteiger partial charge in [0.05, 0.1) is 28.8 Å². The molecule has 5 rings (SSSR count). The monoisotopic (exact) mass is 616 g/mol. The highest BCUT2D eigenvalue weighted by Crippen LogP contribution is 2.51. The predicted molar refractivity (Wildman–Crippen MR) is 143 cm³/mol. The fourth-order valence-electron chi connectivity index (χ4n) is 4.00. The van der Waals surface area contributed by atoms with Crippen molar-refractivity contribution < 1.29 is 41.1 Å². The minimum atomic E-state index is -5.07. The molecule has 1 aromatic heterocycles. The Morgan fingerprint density at radius 3 is 2.65 bits per heavy atom. The number of methoxy groups -OCH3 is 1. The largest absolute Gasteiger partial charge is 0.493 e. The van der Waals surface area contributed by atoms with Crippen LogP contribution < -0.4 is 19.5 Å². The Hall–Kier alpha value is -2.87. The molecule has 1 aliphatic heterocycles. The fourth-order valence-corrected chi connectivity index (χ4v) is 5.40. The lowest BCUT2D eigenvalue weighted by Crippen LogP contribution is -2.49. The van der Waals surface area contributed by atoms with Gasteiger partial charge in [0.15, 0.2) is 22.0 Å². The number of benzene rings is 2. The lowest BCUT2D eigenvalue weighted by atomic mass is 10.0. The highest BCUT2D eigenvalue weighted by atomic mass is 35.5. The number of nitrogens with zero attached hydrogens (tertiary/aromatic N) is 1. The van der Waals surface area contributed by atoms with Crippen molar-refractivity contribution >= 4 is 41.3 Å². The molecule has 14 heteroatoms. The van der Waals surface area contributed by atoms with E-state index in [1.807, 2.05) is 0 Å². The first-order chi connectivity index (χ1) is 19.1. The van der Waals surface area contributed by atoms with Gasteiger partial charge < -0.3 is 24.1 Å². The summed E-state index contributed by atoms with van der Waals surface area (Å²) in [4.78, 5) is 17.5. The molecule has 2 aliphatic rings. The summed E-state index contributed by atoms with van der Waals surface area (Å²) in [5.41, 5.74) is -0.336. The summed E-state index contributed by atoms with van der Waals surface area (Å²) in [6, 6.07) is 9.06. The molecule has 2 N–H and O–H groups in total. The van der Waals surface area contributed by atoms with Crippen LogP contribution in [0.3, 0.4) is 0 Å². The second-order valence-electron chi connectivity index (χ2n) is 9.00. The minimum Gasteiger partial charge on any atom is -0.493 e. The highest BCUT2D eigenvalue weighted by molar-refractivity contribution is 7.99. The Kier molecular flexibility index (Phi) is 8.01. The van der Waals surface area contributed by atoms with Crippen molar-refractivity contribution in [2.24, 2.45) is 0 Å². The molecule has 1 saturated carbocycles. The quantitative estimate of drug-likeness (QED) is 0.198. The van der Waals surface area contributed by atoms with Crippen LogP contribution >= 0.6 is 35.4 Å². The van der Waals surface area contributed by atoms with Crippen molar-refractivity contribution in [3.8, 4) is 28.5 Å². The lowest BCUT2D eigenvalue weighted by Gasteiger charge is -2.33. The van der Waals surface area contributed by atoms with E-state index in [9.17, 15) is 26.9 Å². The average Bonchev–Trinajstić information content (AvgIpc) is 3.62. The molecule has 1 fully saturated rings. The van der Waals surface area contributed by atoms with Crippen LogP contribution in [0.25, 0.3) is 11.3 Å². The van der Waals surface area contributed by atoms with Gasteiger partial charge in [0.2, 0.25) is 0 Å². The van der Waals surface area contributed by atoms with E-state index < -0.39 is 46.9 Å².